The van der Waals surface area contributed by atoms with E-state index in [4.69, 9.17) is 22.7 Å². The summed E-state index contributed by atoms with van der Waals surface area (Å²) in [7, 11) is 0. The number of hydrogen-bond acceptors (Lipinski definition) is 3. The Kier molecular flexibility index (Phi) is 5.57. The molecule has 0 aliphatic rings. The van der Waals surface area contributed by atoms with Gasteiger partial charge in [-0.1, -0.05) is 19.1 Å². The summed E-state index contributed by atoms with van der Waals surface area (Å²) in [5.41, 5.74) is 4.92. The summed E-state index contributed by atoms with van der Waals surface area (Å²) in [6, 6.07) is 0. The number of nitrogens with two attached hydrogens (primary N) is 1. The van der Waals surface area contributed by atoms with Crippen molar-refractivity contribution in [3.05, 3.63) is 0 Å². The van der Waals surface area contributed by atoms with Crippen molar-refractivity contribution >= 4 is 23.3 Å². The van der Waals surface area contributed by atoms with E-state index in [0.717, 1.165) is 6.42 Å². The lowest BCUT2D eigenvalue weighted by Gasteiger charge is -2.26. The maximum Gasteiger partial charge on any atom is 0.410 e. The fourth-order valence-electron chi connectivity index (χ4n) is 1.02. The van der Waals surface area contributed by atoms with Gasteiger partial charge in [0.1, 0.15) is 5.60 Å². The summed E-state index contributed by atoms with van der Waals surface area (Å²) in [6.07, 6.45) is 0.485. The first kappa shape index (κ1) is 14.2. The van der Waals surface area contributed by atoms with E-state index in [0.29, 0.717) is 11.5 Å². The van der Waals surface area contributed by atoms with Crippen molar-refractivity contribution in [3.63, 3.8) is 0 Å². The summed E-state index contributed by atoms with van der Waals surface area (Å²) in [5, 5.41) is 0. The fraction of sp³-hybridized carbons (Fsp3) is 0.800. The van der Waals surface area contributed by atoms with Crippen molar-refractivity contribution in [1.29, 1.82) is 0 Å². The average Bonchev–Trinajstić information content (AvgIpc) is 1.99. The van der Waals surface area contributed by atoms with Gasteiger partial charge in [0, 0.05) is 6.54 Å². The second-order valence-corrected chi connectivity index (χ2v) is 4.89. The van der Waals surface area contributed by atoms with Crippen LogP contribution in [0.4, 0.5) is 4.79 Å². The third-order valence-corrected chi connectivity index (χ3v) is 1.62. The van der Waals surface area contributed by atoms with Gasteiger partial charge in [-0.15, -0.1) is 0 Å². The molecule has 2 N–H and O–H groups in total. The first-order valence-corrected chi connectivity index (χ1v) is 5.43. The number of carbonyl (C=O) groups excluding carboxylic acids is 1. The van der Waals surface area contributed by atoms with Gasteiger partial charge in [-0.2, -0.15) is 0 Å². The van der Waals surface area contributed by atoms with Crippen LogP contribution in [0.5, 0.6) is 0 Å². The molecule has 0 bridgehead atoms. The highest BCUT2D eigenvalue weighted by atomic mass is 32.1. The van der Waals surface area contributed by atoms with Gasteiger partial charge in [-0.25, -0.2) is 4.79 Å². The molecule has 0 fully saturated rings. The lowest BCUT2D eigenvalue weighted by molar-refractivity contribution is 0.0279. The minimum Gasteiger partial charge on any atom is -0.444 e. The zero-order valence-electron chi connectivity index (χ0n) is 9.87. The Hall–Kier alpha value is -0.840. The Labute approximate surface area is 96.8 Å². The second kappa shape index (κ2) is 5.90. The van der Waals surface area contributed by atoms with Crippen LogP contribution in [0.25, 0.3) is 0 Å². The van der Waals surface area contributed by atoms with E-state index in [-0.39, 0.29) is 12.6 Å². The number of ether oxygens (including phenoxy) is 1. The van der Waals surface area contributed by atoms with Crippen molar-refractivity contribution < 1.29 is 9.53 Å². The molecular formula is C10H20N2O2S. The van der Waals surface area contributed by atoms with Crippen LogP contribution in [0.2, 0.25) is 0 Å². The van der Waals surface area contributed by atoms with Crippen LogP contribution >= 0.6 is 12.2 Å². The highest BCUT2D eigenvalue weighted by molar-refractivity contribution is 7.80. The predicted molar refractivity (Wildman–Crippen MR) is 64.9 cm³/mol. The van der Waals surface area contributed by atoms with Crippen molar-refractivity contribution in [2.45, 2.75) is 39.7 Å². The zero-order valence-corrected chi connectivity index (χ0v) is 10.7. The molecule has 0 spiro atoms. The molecule has 0 saturated heterocycles. The minimum absolute atomic E-state index is 0.276. The number of amides is 1. The van der Waals surface area contributed by atoms with Crippen LogP contribution in [-0.4, -0.2) is 34.7 Å². The quantitative estimate of drug-likeness (QED) is 0.752. The van der Waals surface area contributed by atoms with E-state index in [9.17, 15) is 4.79 Å². The van der Waals surface area contributed by atoms with Crippen LogP contribution in [0.1, 0.15) is 34.1 Å². The lowest BCUT2D eigenvalue weighted by Crippen LogP contribution is -2.41. The van der Waals surface area contributed by atoms with Gasteiger partial charge in [0.05, 0.1) is 11.5 Å². The van der Waals surface area contributed by atoms with Gasteiger partial charge < -0.3 is 15.4 Å². The Balaban J connectivity index is 4.35. The number of thiocarbonyl (C=S) groups is 1. The number of carbonyl (C=O) groups is 1. The molecule has 0 rings (SSSR count). The van der Waals surface area contributed by atoms with Crippen LogP contribution in [0.15, 0.2) is 0 Å². The maximum atomic E-state index is 11.7. The standard InChI is InChI=1S/C10H20N2O2S/c1-5-6-12(7-8(11)15)9(13)14-10(2,3)4/h5-7H2,1-4H3,(H2,11,15). The lowest BCUT2D eigenvalue weighted by atomic mass is 10.2. The largest absolute Gasteiger partial charge is 0.444 e. The Bertz CT molecular complexity index is 236. The first-order chi connectivity index (χ1) is 6.76. The molecule has 5 heteroatoms. The molecule has 0 aliphatic heterocycles. The number of nitrogens with zero attached hydrogens (tertiary/aromatic N) is 1. The smallest absolute Gasteiger partial charge is 0.410 e. The minimum atomic E-state index is -0.487. The summed E-state index contributed by atoms with van der Waals surface area (Å²) >= 11 is 4.77. The van der Waals surface area contributed by atoms with Gasteiger partial charge in [0.15, 0.2) is 0 Å². The predicted octanol–water partition coefficient (Wildman–Crippen LogP) is 1.92. The zero-order chi connectivity index (χ0) is 12.1. The monoisotopic (exact) mass is 232 g/mol. The summed E-state index contributed by atoms with van der Waals surface area (Å²) < 4.78 is 5.23. The van der Waals surface area contributed by atoms with Gasteiger partial charge in [0.25, 0.3) is 0 Å². The molecule has 88 valence electrons. The SMILES string of the molecule is CCCN(CC(N)=S)C(=O)OC(C)(C)C. The van der Waals surface area contributed by atoms with Crippen LogP contribution in [0, 0.1) is 0 Å². The van der Waals surface area contributed by atoms with E-state index in [1.54, 1.807) is 0 Å². The van der Waals surface area contributed by atoms with Gasteiger partial charge in [0.2, 0.25) is 0 Å². The average molecular weight is 232 g/mol. The summed E-state index contributed by atoms with van der Waals surface area (Å²) in [6.45, 7) is 8.35. The second-order valence-electron chi connectivity index (χ2n) is 4.37. The van der Waals surface area contributed by atoms with Crippen molar-refractivity contribution in [2.75, 3.05) is 13.1 Å². The Morgan fingerprint density at radius 3 is 2.33 bits per heavy atom. The molecule has 0 heterocycles. The third kappa shape index (κ3) is 7.13. The normalized spacial score (nSPS) is 10.9. The van der Waals surface area contributed by atoms with E-state index in [1.165, 1.54) is 4.90 Å². The molecule has 0 aromatic carbocycles. The number of hydrogen-bond donors (Lipinski definition) is 1. The molecule has 0 aromatic rings. The molecule has 0 aromatic heterocycles. The third-order valence-electron chi connectivity index (χ3n) is 1.49. The van der Waals surface area contributed by atoms with E-state index >= 15 is 0 Å². The fourth-order valence-corrected chi connectivity index (χ4v) is 1.18. The van der Waals surface area contributed by atoms with Gasteiger partial charge in [-0.05, 0) is 27.2 Å². The van der Waals surface area contributed by atoms with Crippen molar-refractivity contribution in [2.24, 2.45) is 5.73 Å². The molecule has 15 heavy (non-hydrogen) atoms. The molecule has 0 atom stereocenters. The van der Waals surface area contributed by atoms with Crippen LogP contribution in [-0.2, 0) is 4.74 Å². The molecule has 4 nitrogen and oxygen atoms in total. The van der Waals surface area contributed by atoms with Crippen molar-refractivity contribution in [3.8, 4) is 0 Å². The first-order valence-electron chi connectivity index (χ1n) is 5.02. The highest BCUT2D eigenvalue weighted by Crippen LogP contribution is 2.10. The Morgan fingerprint density at radius 1 is 1.47 bits per heavy atom. The maximum absolute atomic E-state index is 11.7. The number of rotatable bonds is 4. The van der Waals surface area contributed by atoms with E-state index < -0.39 is 5.60 Å². The highest BCUT2D eigenvalue weighted by Gasteiger charge is 2.21. The van der Waals surface area contributed by atoms with Crippen molar-refractivity contribution in [1.82, 2.24) is 4.90 Å². The van der Waals surface area contributed by atoms with Crippen LogP contribution < -0.4 is 5.73 Å². The molecule has 0 saturated carbocycles. The van der Waals surface area contributed by atoms with E-state index in [1.807, 2.05) is 27.7 Å². The van der Waals surface area contributed by atoms with Gasteiger partial charge >= 0.3 is 6.09 Å². The summed E-state index contributed by atoms with van der Waals surface area (Å²) in [5.74, 6) is 0. The summed E-state index contributed by atoms with van der Waals surface area (Å²) in [4.78, 5) is 13.5. The van der Waals surface area contributed by atoms with Gasteiger partial charge in [-0.3, -0.25) is 0 Å². The van der Waals surface area contributed by atoms with E-state index in [2.05, 4.69) is 0 Å². The van der Waals surface area contributed by atoms with Crippen LogP contribution in [0.3, 0.4) is 0 Å². The molecule has 1 amide bonds. The molecule has 0 radical (unpaired) electrons. The Morgan fingerprint density at radius 2 is 2.00 bits per heavy atom. The topological polar surface area (TPSA) is 55.6 Å². The molecular weight excluding hydrogens is 212 g/mol. The molecule has 0 aliphatic carbocycles. The molecule has 0 unspecified atom stereocenters.